The summed E-state index contributed by atoms with van der Waals surface area (Å²) in [5, 5.41) is 3.30. The summed E-state index contributed by atoms with van der Waals surface area (Å²) < 4.78 is 5.71. The SMILES string of the molecule is CCNCc1cccc(OCc2cncs2)c1. The summed E-state index contributed by atoms with van der Waals surface area (Å²) in [6.07, 6.45) is 1.84. The lowest BCUT2D eigenvalue weighted by molar-refractivity contribution is 0.309. The van der Waals surface area contributed by atoms with Crippen molar-refractivity contribution in [1.29, 1.82) is 0 Å². The van der Waals surface area contributed by atoms with Gasteiger partial charge < -0.3 is 10.1 Å². The Kier molecular flexibility index (Phi) is 4.53. The van der Waals surface area contributed by atoms with Crippen LogP contribution in [0, 0.1) is 0 Å². The molecule has 0 aliphatic heterocycles. The van der Waals surface area contributed by atoms with Crippen molar-refractivity contribution in [2.75, 3.05) is 6.54 Å². The van der Waals surface area contributed by atoms with Crippen LogP contribution >= 0.6 is 11.3 Å². The van der Waals surface area contributed by atoms with Gasteiger partial charge in [0, 0.05) is 12.7 Å². The molecule has 17 heavy (non-hydrogen) atoms. The van der Waals surface area contributed by atoms with Gasteiger partial charge in [-0.05, 0) is 24.2 Å². The number of thiazole rings is 1. The van der Waals surface area contributed by atoms with E-state index in [4.69, 9.17) is 4.74 Å². The molecule has 1 aromatic carbocycles. The Morgan fingerprint density at radius 3 is 3.12 bits per heavy atom. The number of nitrogens with zero attached hydrogens (tertiary/aromatic N) is 1. The highest BCUT2D eigenvalue weighted by Crippen LogP contribution is 2.16. The third-order valence-electron chi connectivity index (χ3n) is 2.34. The maximum atomic E-state index is 5.71. The van der Waals surface area contributed by atoms with Crippen molar-refractivity contribution in [2.24, 2.45) is 0 Å². The van der Waals surface area contributed by atoms with Crippen LogP contribution < -0.4 is 10.1 Å². The van der Waals surface area contributed by atoms with Crippen molar-refractivity contribution >= 4 is 11.3 Å². The number of nitrogens with one attached hydrogen (secondary N) is 1. The molecule has 3 nitrogen and oxygen atoms in total. The Balaban J connectivity index is 1.91. The number of ether oxygens (including phenoxy) is 1. The zero-order chi connectivity index (χ0) is 11.9. The highest BCUT2D eigenvalue weighted by molar-refractivity contribution is 7.09. The van der Waals surface area contributed by atoms with Crippen LogP contribution in [0.25, 0.3) is 0 Å². The Morgan fingerprint density at radius 2 is 2.35 bits per heavy atom. The molecular weight excluding hydrogens is 232 g/mol. The van der Waals surface area contributed by atoms with Crippen molar-refractivity contribution in [3.05, 3.63) is 46.4 Å². The lowest BCUT2D eigenvalue weighted by Gasteiger charge is -2.07. The third-order valence-corrected chi connectivity index (χ3v) is 3.10. The molecule has 0 saturated carbocycles. The van der Waals surface area contributed by atoms with Gasteiger partial charge in [-0.25, -0.2) is 0 Å². The summed E-state index contributed by atoms with van der Waals surface area (Å²) in [6.45, 7) is 4.56. The summed E-state index contributed by atoms with van der Waals surface area (Å²) in [7, 11) is 0. The second-order valence-corrected chi connectivity index (χ2v) is 4.66. The fourth-order valence-corrected chi connectivity index (χ4v) is 1.99. The molecule has 4 heteroatoms. The molecular formula is C13H16N2OS. The van der Waals surface area contributed by atoms with E-state index in [1.165, 1.54) is 5.56 Å². The number of benzene rings is 1. The summed E-state index contributed by atoms with van der Waals surface area (Å²) in [5.41, 5.74) is 3.06. The van der Waals surface area contributed by atoms with Crippen LogP contribution in [-0.4, -0.2) is 11.5 Å². The molecule has 0 aliphatic rings. The van der Waals surface area contributed by atoms with Gasteiger partial charge in [-0.1, -0.05) is 19.1 Å². The lowest BCUT2D eigenvalue weighted by Crippen LogP contribution is -2.11. The van der Waals surface area contributed by atoms with E-state index in [0.29, 0.717) is 6.61 Å². The summed E-state index contributed by atoms with van der Waals surface area (Å²) >= 11 is 1.61. The molecule has 0 unspecified atom stereocenters. The highest BCUT2D eigenvalue weighted by atomic mass is 32.1. The molecule has 1 heterocycles. The van der Waals surface area contributed by atoms with Crippen molar-refractivity contribution < 1.29 is 4.74 Å². The van der Waals surface area contributed by atoms with Crippen LogP contribution in [0.15, 0.2) is 36.0 Å². The van der Waals surface area contributed by atoms with Crippen molar-refractivity contribution in [3.63, 3.8) is 0 Å². The zero-order valence-electron chi connectivity index (χ0n) is 9.85. The predicted molar refractivity (Wildman–Crippen MR) is 70.3 cm³/mol. The molecule has 0 atom stereocenters. The molecule has 0 spiro atoms. The fourth-order valence-electron chi connectivity index (χ4n) is 1.48. The molecule has 0 aliphatic carbocycles. The standard InChI is InChI=1S/C13H16N2OS/c1-2-14-7-11-4-3-5-12(6-11)16-9-13-8-15-10-17-13/h3-6,8,10,14H,2,7,9H2,1H3. The summed E-state index contributed by atoms with van der Waals surface area (Å²) in [6, 6.07) is 8.18. The normalized spacial score (nSPS) is 10.4. The van der Waals surface area contributed by atoms with E-state index >= 15 is 0 Å². The smallest absolute Gasteiger partial charge is 0.124 e. The Bertz CT molecular complexity index is 442. The first-order chi connectivity index (χ1) is 8.38. The zero-order valence-corrected chi connectivity index (χ0v) is 10.7. The van der Waals surface area contributed by atoms with E-state index in [-0.39, 0.29) is 0 Å². The van der Waals surface area contributed by atoms with Gasteiger partial charge in [0.2, 0.25) is 0 Å². The van der Waals surface area contributed by atoms with Crippen molar-refractivity contribution in [3.8, 4) is 5.75 Å². The Hall–Kier alpha value is -1.39. The van der Waals surface area contributed by atoms with Gasteiger partial charge in [-0.2, -0.15) is 0 Å². The van der Waals surface area contributed by atoms with Crippen molar-refractivity contribution in [2.45, 2.75) is 20.1 Å². The predicted octanol–water partition coefficient (Wildman–Crippen LogP) is 2.83. The molecule has 0 saturated heterocycles. The second kappa shape index (κ2) is 6.37. The van der Waals surface area contributed by atoms with Crippen LogP contribution in [-0.2, 0) is 13.2 Å². The largest absolute Gasteiger partial charge is 0.488 e. The van der Waals surface area contributed by atoms with Gasteiger partial charge in [-0.3, -0.25) is 4.98 Å². The quantitative estimate of drug-likeness (QED) is 0.853. The monoisotopic (exact) mass is 248 g/mol. The van der Waals surface area contributed by atoms with Gasteiger partial charge in [-0.15, -0.1) is 11.3 Å². The van der Waals surface area contributed by atoms with Gasteiger partial charge in [0.25, 0.3) is 0 Å². The Morgan fingerprint density at radius 1 is 1.41 bits per heavy atom. The topological polar surface area (TPSA) is 34.1 Å². The van der Waals surface area contributed by atoms with E-state index in [2.05, 4.69) is 29.4 Å². The fraction of sp³-hybridized carbons (Fsp3) is 0.308. The van der Waals surface area contributed by atoms with E-state index in [0.717, 1.165) is 23.7 Å². The summed E-state index contributed by atoms with van der Waals surface area (Å²) in [4.78, 5) is 5.16. The second-order valence-electron chi connectivity index (χ2n) is 3.68. The molecule has 1 N–H and O–H groups in total. The minimum atomic E-state index is 0.593. The molecule has 0 amide bonds. The summed E-state index contributed by atoms with van der Waals surface area (Å²) in [5.74, 6) is 0.911. The molecule has 0 fully saturated rings. The molecule has 1 aromatic heterocycles. The van der Waals surface area contributed by atoms with Crippen LogP contribution in [0.3, 0.4) is 0 Å². The average Bonchev–Trinajstić information content (AvgIpc) is 2.87. The van der Waals surface area contributed by atoms with E-state index in [9.17, 15) is 0 Å². The third kappa shape index (κ3) is 3.84. The first kappa shape index (κ1) is 12.1. The van der Waals surface area contributed by atoms with E-state index < -0.39 is 0 Å². The van der Waals surface area contributed by atoms with E-state index in [1.807, 2.05) is 23.8 Å². The minimum Gasteiger partial charge on any atom is -0.488 e. The van der Waals surface area contributed by atoms with Crippen LogP contribution in [0.2, 0.25) is 0 Å². The number of hydrogen-bond donors (Lipinski definition) is 1. The van der Waals surface area contributed by atoms with Gasteiger partial charge in [0.15, 0.2) is 0 Å². The minimum absolute atomic E-state index is 0.593. The number of aromatic nitrogens is 1. The van der Waals surface area contributed by atoms with Gasteiger partial charge in [0.05, 0.1) is 10.4 Å². The number of rotatable bonds is 6. The van der Waals surface area contributed by atoms with E-state index in [1.54, 1.807) is 11.3 Å². The molecule has 2 rings (SSSR count). The maximum absolute atomic E-state index is 5.71. The first-order valence-corrected chi connectivity index (χ1v) is 6.56. The lowest BCUT2D eigenvalue weighted by atomic mass is 10.2. The highest BCUT2D eigenvalue weighted by Gasteiger charge is 1.99. The molecule has 0 radical (unpaired) electrons. The molecule has 0 bridgehead atoms. The maximum Gasteiger partial charge on any atom is 0.124 e. The molecule has 90 valence electrons. The van der Waals surface area contributed by atoms with Crippen LogP contribution in [0.4, 0.5) is 0 Å². The van der Waals surface area contributed by atoms with Crippen molar-refractivity contribution in [1.82, 2.24) is 10.3 Å². The molecule has 2 aromatic rings. The van der Waals surface area contributed by atoms with Gasteiger partial charge >= 0.3 is 0 Å². The van der Waals surface area contributed by atoms with Crippen LogP contribution in [0.5, 0.6) is 5.75 Å². The number of hydrogen-bond acceptors (Lipinski definition) is 4. The van der Waals surface area contributed by atoms with Crippen LogP contribution in [0.1, 0.15) is 17.4 Å². The van der Waals surface area contributed by atoms with Gasteiger partial charge in [0.1, 0.15) is 12.4 Å². The first-order valence-electron chi connectivity index (χ1n) is 5.68. The Labute approximate surface area is 105 Å². The average molecular weight is 248 g/mol.